The molecule has 2 aromatic carbocycles. The van der Waals surface area contributed by atoms with Gasteiger partial charge in [-0.25, -0.2) is 13.2 Å². The molecule has 4 rings (SSSR count). The highest BCUT2D eigenvalue weighted by Gasteiger charge is 2.33. The van der Waals surface area contributed by atoms with Gasteiger partial charge < -0.3 is 5.31 Å². The van der Waals surface area contributed by atoms with E-state index in [0.717, 1.165) is 16.4 Å². The smallest absolute Gasteiger partial charge is 0.251 e. The number of hydrogen-bond donors (Lipinski definition) is 1. The van der Waals surface area contributed by atoms with E-state index in [-0.39, 0.29) is 25.2 Å². The zero-order valence-electron chi connectivity index (χ0n) is 16.3. The van der Waals surface area contributed by atoms with Gasteiger partial charge in [-0.3, -0.25) is 9.69 Å². The summed E-state index contributed by atoms with van der Waals surface area (Å²) in [6, 6.07) is 10.6. The molecule has 0 radical (unpaired) electrons. The molecule has 0 aliphatic carbocycles. The Balaban J connectivity index is 1.38. The Bertz CT molecular complexity index is 913. The summed E-state index contributed by atoms with van der Waals surface area (Å²) in [5, 5.41) is 0.847. The number of hydrogen-bond acceptors (Lipinski definition) is 3. The van der Waals surface area contributed by atoms with Gasteiger partial charge in [-0.15, -0.1) is 11.8 Å². The number of halogens is 3. The van der Waals surface area contributed by atoms with Crippen molar-refractivity contribution in [3.05, 3.63) is 64.5 Å². The predicted molar refractivity (Wildman–Crippen MR) is 103 cm³/mol. The number of carbonyl (C=O) groups is 1. The Hall–Kier alpha value is -1.99. The van der Waals surface area contributed by atoms with Gasteiger partial charge in [0.15, 0.2) is 1.41 Å². The van der Waals surface area contributed by atoms with E-state index in [1.165, 1.54) is 23.9 Å². The van der Waals surface area contributed by atoms with Crippen molar-refractivity contribution >= 4 is 17.7 Å². The van der Waals surface area contributed by atoms with Crippen LogP contribution in [0.5, 0.6) is 0 Å². The number of piperidine rings is 1. The zero-order chi connectivity index (χ0) is 20.6. The van der Waals surface area contributed by atoms with E-state index in [1.54, 1.807) is 0 Å². The van der Waals surface area contributed by atoms with Crippen LogP contribution in [0.4, 0.5) is 13.2 Å². The molecule has 7 heteroatoms. The minimum atomic E-state index is -2.54. The summed E-state index contributed by atoms with van der Waals surface area (Å²) in [6.07, 6.45) is -0.181. The van der Waals surface area contributed by atoms with Gasteiger partial charge in [0.1, 0.15) is 5.82 Å². The topological polar surface area (TPSA) is 32.3 Å². The van der Waals surface area contributed by atoms with Crippen molar-refractivity contribution < 1.29 is 19.4 Å². The van der Waals surface area contributed by atoms with Crippen molar-refractivity contribution in [2.75, 3.05) is 13.1 Å². The number of benzene rings is 2. The lowest BCUT2D eigenvalue weighted by atomic mass is 10.1. The van der Waals surface area contributed by atoms with Crippen molar-refractivity contribution in [1.29, 1.82) is 0 Å². The normalized spacial score (nSPS) is 19.6. The summed E-state index contributed by atoms with van der Waals surface area (Å²) >= 11 is 1.32. The fourth-order valence-electron chi connectivity index (χ4n) is 3.54. The summed E-state index contributed by atoms with van der Waals surface area (Å²) in [5.74, 6) is -2.78. The first-order valence-corrected chi connectivity index (χ1v) is 10.2. The first kappa shape index (κ1) is 18.1. The van der Waals surface area contributed by atoms with Gasteiger partial charge in [-0.2, -0.15) is 0 Å². The van der Waals surface area contributed by atoms with E-state index >= 15 is 0 Å². The third-order valence-electron chi connectivity index (χ3n) is 5.22. The van der Waals surface area contributed by atoms with Crippen LogP contribution in [0.1, 0.15) is 39.9 Å². The Morgan fingerprint density at radius 1 is 1.11 bits per heavy atom. The molecule has 3 nitrogen and oxygen atoms in total. The Labute approximate surface area is 167 Å². The molecule has 2 heterocycles. The molecule has 28 heavy (non-hydrogen) atoms. The molecule has 0 unspecified atom stereocenters. The number of alkyl halides is 2. The van der Waals surface area contributed by atoms with Crippen LogP contribution in [0.15, 0.2) is 41.3 Å². The first-order valence-electron chi connectivity index (χ1n) is 9.70. The van der Waals surface area contributed by atoms with Gasteiger partial charge in [0.05, 0.1) is 0 Å². The molecule has 0 spiro atoms. The molecule has 0 aromatic heterocycles. The Morgan fingerprint density at radius 2 is 1.79 bits per heavy atom. The largest absolute Gasteiger partial charge is 0.348 e. The van der Waals surface area contributed by atoms with E-state index in [0.29, 0.717) is 41.4 Å². The van der Waals surface area contributed by atoms with Crippen LogP contribution in [0.2, 0.25) is 1.41 Å². The third kappa shape index (κ3) is 4.20. The summed E-state index contributed by atoms with van der Waals surface area (Å²) in [5.41, 5.74) is 3.04. The number of thioether (sulfide) groups is 1. The number of amides is 1. The molecule has 1 saturated heterocycles. The van der Waals surface area contributed by atoms with E-state index in [2.05, 4.69) is 0 Å². The summed E-state index contributed by atoms with van der Waals surface area (Å²) in [7, 11) is 0. The van der Waals surface area contributed by atoms with Gasteiger partial charge >= 0.3 is 0 Å². The second kappa shape index (κ2) is 7.79. The number of rotatable bonds is 5. The highest BCUT2D eigenvalue weighted by molar-refractivity contribution is 7.98. The second-order valence-electron chi connectivity index (χ2n) is 7.26. The molecule has 1 amide bonds. The summed E-state index contributed by atoms with van der Waals surface area (Å²) in [4.78, 5) is 14.4. The second-order valence-corrected chi connectivity index (χ2v) is 8.25. The van der Waals surface area contributed by atoms with Gasteiger partial charge in [0, 0.05) is 60.8 Å². The van der Waals surface area contributed by atoms with Crippen molar-refractivity contribution in [1.82, 2.24) is 10.2 Å². The molecule has 0 atom stereocenters. The molecular weight excluding hydrogens is 385 g/mol. The molecule has 0 saturated carbocycles. The van der Waals surface area contributed by atoms with Gasteiger partial charge in [-0.05, 0) is 23.3 Å². The Morgan fingerprint density at radius 3 is 2.50 bits per heavy atom. The minimum Gasteiger partial charge on any atom is -0.348 e. The fourth-order valence-corrected chi connectivity index (χ4v) is 4.60. The average Bonchev–Trinajstić information content (AvgIpc) is 2.98. The molecule has 2 aromatic rings. The minimum absolute atomic E-state index is 0.0903. The van der Waals surface area contributed by atoms with Gasteiger partial charge in [0.2, 0.25) is 0 Å². The molecule has 2 aliphatic rings. The van der Waals surface area contributed by atoms with Gasteiger partial charge in [-0.1, -0.05) is 24.3 Å². The number of fused-ring (bicyclic) bond motifs is 1. The molecule has 148 valence electrons. The number of nitrogens with one attached hydrogen (secondary N) is 1. The average molecular weight is 407 g/mol. The van der Waals surface area contributed by atoms with Crippen molar-refractivity contribution in [3.63, 3.8) is 0 Å². The van der Waals surface area contributed by atoms with Crippen LogP contribution in [0, 0.1) is 5.82 Å². The van der Waals surface area contributed by atoms with Crippen LogP contribution in [0.3, 0.4) is 0 Å². The van der Waals surface area contributed by atoms with E-state index in [1.807, 2.05) is 29.2 Å². The van der Waals surface area contributed by atoms with Crippen LogP contribution in [0.25, 0.3) is 0 Å². The highest BCUT2D eigenvalue weighted by Crippen LogP contribution is 2.33. The Kier molecular flexibility index (Phi) is 5.03. The summed E-state index contributed by atoms with van der Waals surface area (Å²) < 4.78 is 48.5. The maximum Gasteiger partial charge on any atom is 0.251 e. The molecule has 0 bridgehead atoms. The van der Waals surface area contributed by atoms with E-state index in [4.69, 9.17) is 1.41 Å². The lowest BCUT2D eigenvalue weighted by Crippen LogP contribution is -2.38. The number of nitrogens with zero attached hydrogens (tertiary/aromatic N) is 1. The zero-order valence-corrected chi connectivity index (χ0v) is 16.1. The van der Waals surface area contributed by atoms with Crippen LogP contribution in [-0.4, -0.2) is 29.8 Å². The van der Waals surface area contributed by atoms with Crippen molar-refractivity contribution in [3.8, 4) is 0 Å². The SMILES string of the molecule is [2H]N1Cc2c(ccc(F)c2SCc2ccc(CN3CCC(F)(F)CC3)cc2)C1=O. The van der Waals surface area contributed by atoms with E-state index < -0.39 is 11.8 Å². The fraction of sp³-hybridized carbons (Fsp3) is 0.381. The molecule has 2 aliphatic heterocycles. The molecular formula is C21H21F3N2OS. The number of carbonyl (C=O) groups excluding carboxylic acids is 1. The van der Waals surface area contributed by atoms with Crippen LogP contribution < -0.4 is 5.31 Å². The third-order valence-corrected chi connectivity index (χ3v) is 6.43. The van der Waals surface area contributed by atoms with Crippen molar-refractivity contribution in [2.24, 2.45) is 0 Å². The maximum absolute atomic E-state index is 14.3. The summed E-state index contributed by atoms with van der Waals surface area (Å²) in [6.45, 7) is 1.54. The van der Waals surface area contributed by atoms with Crippen molar-refractivity contribution in [2.45, 2.75) is 42.5 Å². The van der Waals surface area contributed by atoms with Crippen LogP contribution in [-0.2, 0) is 18.8 Å². The van der Waals surface area contributed by atoms with Crippen LogP contribution >= 0.6 is 11.8 Å². The quantitative estimate of drug-likeness (QED) is 0.736. The monoisotopic (exact) mass is 407 g/mol. The standard InChI is InChI=1S/C21H21F3N2OS/c22-18-6-5-16-17(11-25-20(16)27)19(18)28-13-15-3-1-14(2-4-15)12-26-9-7-21(23,24)8-10-26/h1-6H,7-13H2,(H,25,27)/i/hD. The predicted octanol–water partition coefficient (Wildman–Crippen LogP) is 4.59. The highest BCUT2D eigenvalue weighted by atomic mass is 32.2. The number of likely N-dealkylation sites (tertiary alicyclic amines) is 1. The lowest BCUT2D eigenvalue weighted by Gasteiger charge is -2.31. The molecule has 1 fully saturated rings. The van der Waals surface area contributed by atoms with E-state index in [9.17, 15) is 18.0 Å². The lowest BCUT2D eigenvalue weighted by molar-refractivity contribution is -0.0566. The maximum atomic E-state index is 14.3. The molecule has 1 N–H and O–H groups in total. The first-order chi connectivity index (χ1) is 13.8. The van der Waals surface area contributed by atoms with Gasteiger partial charge in [0.25, 0.3) is 11.8 Å².